The molecule has 1 aromatic carbocycles. The van der Waals surface area contributed by atoms with Gasteiger partial charge in [0, 0.05) is 24.5 Å². The van der Waals surface area contributed by atoms with E-state index in [1.54, 1.807) is 0 Å². The van der Waals surface area contributed by atoms with E-state index in [1.807, 2.05) is 36.7 Å². The smallest absolute Gasteiger partial charge is 0.143 e. The van der Waals surface area contributed by atoms with Gasteiger partial charge in [-0.1, -0.05) is 36.4 Å². The molecule has 7 heteroatoms. The van der Waals surface area contributed by atoms with E-state index in [9.17, 15) is 0 Å². The zero-order chi connectivity index (χ0) is 21.1. The number of allylic oxidation sites excluding steroid dienone is 2. The van der Waals surface area contributed by atoms with Crippen LogP contribution < -0.4 is 15.5 Å². The topological polar surface area (TPSA) is 70.4 Å². The number of dihydropyridines is 1. The summed E-state index contributed by atoms with van der Waals surface area (Å²) in [7, 11) is 0. The molecular formula is C25H19N7. The number of nitrogens with one attached hydrogen (secondary N) is 2. The Bertz CT molecular complexity index is 1460. The predicted molar refractivity (Wildman–Crippen MR) is 126 cm³/mol. The van der Waals surface area contributed by atoms with E-state index in [0.29, 0.717) is 0 Å². The number of hydrogen-bond acceptors (Lipinski definition) is 6. The van der Waals surface area contributed by atoms with Crippen LogP contribution in [-0.4, -0.2) is 26.9 Å². The average Bonchev–Trinajstić information content (AvgIpc) is 3.36. The number of pyridine rings is 2. The summed E-state index contributed by atoms with van der Waals surface area (Å²) >= 11 is 0. The van der Waals surface area contributed by atoms with Crippen molar-refractivity contribution in [3.05, 3.63) is 96.6 Å². The van der Waals surface area contributed by atoms with Crippen LogP contribution in [0.4, 0.5) is 17.2 Å². The fourth-order valence-electron chi connectivity index (χ4n) is 4.75. The Kier molecular flexibility index (Phi) is 3.54. The normalized spacial score (nSPS) is 18.2. The standard InChI is InChI=1S/C25H19N7/c1-2-9-17-16(8-1)21-24(31(17)19-11-3-5-13-26-19)30-23-22-18(10-7-15-28-22)32(25(23)29-21)20-12-4-6-14-27-20/h1-12,14-15,21,26,29H,13H2. The van der Waals surface area contributed by atoms with Gasteiger partial charge in [0.25, 0.3) is 0 Å². The molecule has 0 saturated carbocycles. The lowest BCUT2D eigenvalue weighted by Crippen LogP contribution is -2.38. The van der Waals surface area contributed by atoms with Crippen molar-refractivity contribution in [1.29, 1.82) is 0 Å². The van der Waals surface area contributed by atoms with Crippen molar-refractivity contribution in [2.24, 2.45) is 4.99 Å². The Morgan fingerprint density at radius 1 is 0.938 bits per heavy atom. The molecule has 0 spiro atoms. The Morgan fingerprint density at radius 3 is 2.72 bits per heavy atom. The van der Waals surface area contributed by atoms with E-state index in [1.165, 1.54) is 5.56 Å². The Labute approximate surface area is 184 Å². The molecule has 7 nitrogen and oxygen atoms in total. The average molecular weight is 417 g/mol. The third-order valence-corrected chi connectivity index (χ3v) is 6.09. The van der Waals surface area contributed by atoms with Gasteiger partial charge in [0.2, 0.25) is 0 Å². The molecule has 0 bridgehead atoms. The lowest BCUT2D eigenvalue weighted by Gasteiger charge is -2.29. The van der Waals surface area contributed by atoms with Crippen molar-refractivity contribution in [3.8, 4) is 5.82 Å². The number of aromatic nitrogens is 3. The highest BCUT2D eigenvalue weighted by molar-refractivity contribution is 6.16. The predicted octanol–water partition coefficient (Wildman–Crippen LogP) is 4.44. The van der Waals surface area contributed by atoms with Gasteiger partial charge in [0.15, 0.2) is 0 Å². The summed E-state index contributed by atoms with van der Waals surface area (Å²) in [5.41, 5.74) is 4.99. The second-order valence-electron chi connectivity index (χ2n) is 7.89. The van der Waals surface area contributed by atoms with Crippen molar-refractivity contribution in [3.63, 3.8) is 0 Å². The number of fused-ring (bicyclic) bond motifs is 6. The van der Waals surface area contributed by atoms with Gasteiger partial charge in [0.1, 0.15) is 40.5 Å². The van der Waals surface area contributed by atoms with Crippen LogP contribution in [0, 0.1) is 0 Å². The quantitative estimate of drug-likeness (QED) is 0.505. The maximum atomic E-state index is 5.22. The summed E-state index contributed by atoms with van der Waals surface area (Å²) in [6.07, 6.45) is 9.90. The minimum absolute atomic E-state index is 0.0703. The molecule has 1 unspecified atom stereocenters. The van der Waals surface area contributed by atoms with E-state index in [4.69, 9.17) is 4.99 Å². The molecule has 3 aromatic heterocycles. The number of amidine groups is 1. The van der Waals surface area contributed by atoms with Crippen molar-refractivity contribution in [1.82, 2.24) is 19.9 Å². The van der Waals surface area contributed by atoms with Gasteiger partial charge in [-0.3, -0.25) is 14.5 Å². The molecule has 154 valence electrons. The van der Waals surface area contributed by atoms with Gasteiger partial charge >= 0.3 is 0 Å². The van der Waals surface area contributed by atoms with Crippen molar-refractivity contribution < 1.29 is 0 Å². The fourth-order valence-corrected chi connectivity index (χ4v) is 4.75. The van der Waals surface area contributed by atoms with Gasteiger partial charge in [-0.2, -0.15) is 0 Å². The van der Waals surface area contributed by atoms with Crippen LogP contribution in [-0.2, 0) is 0 Å². The monoisotopic (exact) mass is 417 g/mol. The maximum Gasteiger partial charge on any atom is 0.143 e. The third-order valence-electron chi connectivity index (χ3n) is 6.09. The summed E-state index contributed by atoms with van der Waals surface area (Å²) in [5.74, 6) is 3.71. The molecule has 0 saturated heterocycles. The summed E-state index contributed by atoms with van der Waals surface area (Å²) < 4.78 is 2.12. The van der Waals surface area contributed by atoms with E-state index >= 15 is 0 Å². The SMILES string of the molecule is C1=CCNC(N2C3=Nc4c(n(-c5ccccn5)c5cccnc45)NC3c3ccccc32)=C1. The number of nitrogens with zero attached hydrogens (tertiary/aromatic N) is 5. The summed E-state index contributed by atoms with van der Waals surface area (Å²) in [6.45, 7) is 0.793. The maximum absolute atomic E-state index is 5.22. The Hall–Kier alpha value is -4.39. The van der Waals surface area contributed by atoms with Crippen molar-refractivity contribution >= 4 is 34.1 Å². The Morgan fingerprint density at radius 2 is 1.84 bits per heavy atom. The molecule has 32 heavy (non-hydrogen) atoms. The molecule has 3 aliphatic rings. The van der Waals surface area contributed by atoms with E-state index < -0.39 is 0 Å². The number of rotatable bonds is 2. The highest BCUT2D eigenvalue weighted by Gasteiger charge is 2.41. The van der Waals surface area contributed by atoms with Crippen LogP contribution in [0.2, 0.25) is 0 Å². The van der Waals surface area contributed by atoms with Crippen LogP contribution in [0.5, 0.6) is 0 Å². The molecule has 0 aliphatic carbocycles. The van der Waals surface area contributed by atoms with E-state index in [-0.39, 0.29) is 6.04 Å². The van der Waals surface area contributed by atoms with Crippen LogP contribution in [0.15, 0.2) is 96.0 Å². The highest BCUT2D eigenvalue weighted by atomic mass is 15.4. The number of anilines is 2. The minimum atomic E-state index is -0.0703. The zero-order valence-electron chi connectivity index (χ0n) is 17.1. The van der Waals surface area contributed by atoms with E-state index in [2.05, 4.69) is 78.6 Å². The van der Waals surface area contributed by atoms with Crippen LogP contribution in [0.1, 0.15) is 11.6 Å². The Balaban J connectivity index is 1.50. The summed E-state index contributed by atoms with van der Waals surface area (Å²) in [4.78, 5) is 16.7. The molecule has 4 aromatic rings. The molecule has 0 fully saturated rings. The first kappa shape index (κ1) is 17.3. The van der Waals surface area contributed by atoms with Gasteiger partial charge in [0.05, 0.1) is 11.2 Å². The highest BCUT2D eigenvalue weighted by Crippen LogP contribution is 2.49. The minimum Gasteiger partial charge on any atom is -0.368 e. The first-order chi connectivity index (χ1) is 15.9. The number of benzene rings is 1. The van der Waals surface area contributed by atoms with Crippen molar-refractivity contribution in [2.75, 3.05) is 16.8 Å². The molecule has 2 N–H and O–H groups in total. The van der Waals surface area contributed by atoms with Crippen molar-refractivity contribution in [2.45, 2.75) is 6.04 Å². The molecule has 0 amide bonds. The second kappa shape index (κ2) is 6.55. The molecule has 1 atom stereocenters. The molecule has 3 aliphatic heterocycles. The molecular weight excluding hydrogens is 398 g/mol. The lowest BCUT2D eigenvalue weighted by atomic mass is 10.1. The largest absolute Gasteiger partial charge is 0.368 e. The first-order valence-corrected chi connectivity index (χ1v) is 10.7. The number of hydrogen-bond donors (Lipinski definition) is 2. The van der Waals surface area contributed by atoms with Crippen LogP contribution in [0.25, 0.3) is 16.9 Å². The molecule has 7 rings (SSSR count). The fraction of sp³-hybridized carbons (Fsp3) is 0.0800. The lowest BCUT2D eigenvalue weighted by molar-refractivity contribution is 0.859. The summed E-state index contributed by atoms with van der Waals surface area (Å²) in [6, 6.07) is 18.3. The second-order valence-corrected chi connectivity index (χ2v) is 7.89. The van der Waals surface area contributed by atoms with E-state index in [0.717, 1.165) is 52.2 Å². The zero-order valence-corrected chi connectivity index (χ0v) is 17.1. The van der Waals surface area contributed by atoms with Gasteiger partial charge in [-0.25, -0.2) is 9.98 Å². The molecule has 6 heterocycles. The van der Waals surface area contributed by atoms with Gasteiger partial charge in [-0.15, -0.1) is 0 Å². The molecule has 0 radical (unpaired) electrons. The summed E-state index contributed by atoms with van der Waals surface area (Å²) in [5, 5.41) is 7.27. The number of aliphatic imine (C=N–C) groups is 1. The first-order valence-electron chi connectivity index (χ1n) is 10.7. The van der Waals surface area contributed by atoms with Crippen LogP contribution >= 0.6 is 0 Å². The third kappa shape index (κ3) is 2.33. The van der Waals surface area contributed by atoms with Gasteiger partial charge in [-0.05, 0) is 36.4 Å². The van der Waals surface area contributed by atoms with Crippen LogP contribution in [0.3, 0.4) is 0 Å². The van der Waals surface area contributed by atoms with Gasteiger partial charge < -0.3 is 10.6 Å². The number of para-hydroxylation sites is 1.